The maximum Gasteiger partial charge on any atom is 0.321 e. The van der Waals surface area contributed by atoms with Crippen molar-refractivity contribution < 1.29 is 14.3 Å². The van der Waals surface area contributed by atoms with E-state index < -0.39 is 0 Å². The lowest BCUT2D eigenvalue weighted by atomic mass is 10.0. The van der Waals surface area contributed by atoms with E-state index in [0.29, 0.717) is 5.92 Å². The summed E-state index contributed by atoms with van der Waals surface area (Å²) in [5.41, 5.74) is 0. The summed E-state index contributed by atoms with van der Waals surface area (Å²) in [5, 5.41) is 0. The van der Waals surface area contributed by atoms with Gasteiger partial charge in [0, 0.05) is 7.11 Å². The first-order valence-electron chi connectivity index (χ1n) is 3.79. The van der Waals surface area contributed by atoms with Crippen molar-refractivity contribution in [3.63, 3.8) is 0 Å². The van der Waals surface area contributed by atoms with E-state index in [1.165, 1.54) is 7.11 Å². The van der Waals surface area contributed by atoms with E-state index >= 15 is 0 Å². The van der Waals surface area contributed by atoms with Gasteiger partial charge in [0.2, 0.25) is 0 Å². The van der Waals surface area contributed by atoms with Crippen LogP contribution in [0, 0.1) is 5.92 Å². The largest absolute Gasteiger partial charge is 0.468 e. The average molecular weight is 286 g/mol. The maximum atomic E-state index is 11.1. The third-order valence-corrected chi connectivity index (χ3v) is 2.86. The lowest BCUT2D eigenvalue weighted by Gasteiger charge is -2.22. The fraction of sp³-hybridized carbons (Fsp3) is 0.875. The van der Waals surface area contributed by atoms with E-state index in [4.69, 9.17) is 4.74 Å². The molecule has 0 aromatic rings. The molecule has 3 nitrogen and oxygen atoms in total. The van der Waals surface area contributed by atoms with Crippen LogP contribution >= 0.6 is 22.6 Å². The number of hydrogen-bond donors (Lipinski definition) is 0. The summed E-state index contributed by atoms with van der Waals surface area (Å²) in [4.78, 5) is 11.1. The SMILES string of the molecule is COC(=O)[C@@H](I)[C@@H](OC)C(C)C. The molecule has 0 saturated carbocycles. The number of rotatable bonds is 4. The predicted octanol–water partition coefficient (Wildman–Crippen LogP) is 1.63. The van der Waals surface area contributed by atoms with E-state index in [2.05, 4.69) is 4.74 Å². The molecule has 12 heavy (non-hydrogen) atoms. The first-order valence-corrected chi connectivity index (χ1v) is 5.03. The van der Waals surface area contributed by atoms with Crippen molar-refractivity contribution in [2.75, 3.05) is 14.2 Å². The van der Waals surface area contributed by atoms with Gasteiger partial charge >= 0.3 is 5.97 Å². The monoisotopic (exact) mass is 286 g/mol. The molecule has 0 radical (unpaired) electrons. The molecule has 0 amide bonds. The van der Waals surface area contributed by atoms with Crippen molar-refractivity contribution in [1.29, 1.82) is 0 Å². The molecule has 0 aromatic heterocycles. The van der Waals surface area contributed by atoms with Gasteiger partial charge in [-0.2, -0.15) is 0 Å². The number of hydrogen-bond acceptors (Lipinski definition) is 3. The van der Waals surface area contributed by atoms with Crippen LogP contribution in [0.15, 0.2) is 0 Å². The molecule has 0 N–H and O–H groups in total. The Morgan fingerprint density at radius 3 is 2.08 bits per heavy atom. The van der Waals surface area contributed by atoms with Crippen molar-refractivity contribution >= 4 is 28.6 Å². The first-order chi connectivity index (χ1) is 5.54. The van der Waals surface area contributed by atoms with Crippen molar-refractivity contribution in [1.82, 2.24) is 0 Å². The maximum absolute atomic E-state index is 11.1. The number of ether oxygens (including phenoxy) is 2. The smallest absolute Gasteiger partial charge is 0.321 e. The zero-order valence-corrected chi connectivity index (χ0v) is 9.99. The topological polar surface area (TPSA) is 35.5 Å². The molecule has 72 valence electrons. The second-order valence-corrected chi connectivity index (χ2v) is 4.21. The minimum Gasteiger partial charge on any atom is -0.468 e. The van der Waals surface area contributed by atoms with Gasteiger partial charge in [0.05, 0.1) is 13.2 Å². The van der Waals surface area contributed by atoms with Crippen LogP contribution in [0.2, 0.25) is 0 Å². The van der Waals surface area contributed by atoms with E-state index in [1.807, 2.05) is 36.4 Å². The summed E-state index contributed by atoms with van der Waals surface area (Å²) in [5.74, 6) is 0.0900. The Kier molecular flexibility index (Phi) is 5.82. The van der Waals surface area contributed by atoms with Gasteiger partial charge in [-0.15, -0.1) is 0 Å². The molecule has 0 fully saturated rings. The molecule has 0 heterocycles. The van der Waals surface area contributed by atoms with Gasteiger partial charge in [0.25, 0.3) is 0 Å². The molecule has 4 heteroatoms. The van der Waals surface area contributed by atoms with Gasteiger partial charge in [0.15, 0.2) is 0 Å². The molecular weight excluding hydrogens is 271 g/mol. The lowest BCUT2D eigenvalue weighted by Crippen LogP contribution is -2.35. The van der Waals surface area contributed by atoms with Crippen LogP contribution < -0.4 is 0 Å². The van der Waals surface area contributed by atoms with Gasteiger partial charge in [-0.05, 0) is 5.92 Å². The number of alkyl halides is 1. The molecular formula is C8H15IO3. The van der Waals surface area contributed by atoms with Gasteiger partial charge < -0.3 is 9.47 Å². The van der Waals surface area contributed by atoms with Crippen LogP contribution in [-0.4, -0.2) is 30.2 Å². The Morgan fingerprint density at radius 2 is 1.83 bits per heavy atom. The van der Waals surface area contributed by atoms with E-state index in [9.17, 15) is 4.79 Å². The standard InChI is InChI=1S/C8H15IO3/c1-5(2)7(11-3)6(9)8(10)12-4/h5-7H,1-4H3/t6-,7-/m0/s1. The van der Waals surface area contributed by atoms with E-state index in [-0.39, 0.29) is 16.0 Å². The molecule has 0 bridgehead atoms. The Labute approximate surface area is 86.9 Å². The van der Waals surface area contributed by atoms with Crippen LogP contribution in [0.1, 0.15) is 13.8 Å². The van der Waals surface area contributed by atoms with Crippen molar-refractivity contribution in [2.45, 2.75) is 23.9 Å². The minimum absolute atomic E-state index is 0.0713. The molecule has 0 aliphatic heterocycles. The summed E-state index contributed by atoms with van der Waals surface area (Å²) in [6, 6.07) is 0. The number of methoxy groups -OCH3 is 2. The highest BCUT2D eigenvalue weighted by molar-refractivity contribution is 14.1. The van der Waals surface area contributed by atoms with Crippen LogP contribution in [-0.2, 0) is 14.3 Å². The van der Waals surface area contributed by atoms with Crippen molar-refractivity contribution in [3.05, 3.63) is 0 Å². The molecule has 0 aromatic carbocycles. The third kappa shape index (κ3) is 3.26. The van der Waals surface area contributed by atoms with Crippen molar-refractivity contribution in [2.24, 2.45) is 5.92 Å². The highest BCUT2D eigenvalue weighted by Crippen LogP contribution is 2.18. The van der Waals surface area contributed by atoms with Crippen molar-refractivity contribution in [3.8, 4) is 0 Å². The fourth-order valence-electron chi connectivity index (χ4n) is 0.976. The number of carbonyl (C=O) groups excluding carboxylic acids is 1. The van der Waals surface area contributed by atoms with Crippen LogP contribution in [0.4, 0.5) is 0 Å². The number of carbonyl (C=O) groups is 1. The fourth-order valence-corrected chi connectivity index (χ4v) is 2.35. The van der Waals surface area contributed by atoms with E-state index in [0.717, 1.165) is 0 Å². The Bertz CT molecular complexity index is 147. The predicted molar refractivity (Wildman–Crippen MR) is 55.5 cm³/mol. The van der Waals surface area contributed by atoms with Gasteiger partial charge in [0.1, 0.15) is 3.92 Å². The highest BCUT2D eigenvalue weighted by Gasteiger charge is 2.28. The normalized spacial score (nSPS) is 15.8. The quantitative estimate of drug-likeness (QED) is 0.448. The highest BCUT2D eigenvalue weighted by atomic mass is 127. The molecule has 0 spiro atoms. The summed E-state index contributed by atoms with van der Waals surface area (Å²) in [6.45, 7) is 4.03. The third-order valence-electron chi connectivity index (χ3n) is 1.64. The zero-order chi connectivity index (χ0) is 9.72. The summed E-state index contributed by atoms with van der Waals surface area (Å²) in [7, 11) is 3.00. The minimum atomic E-state index is -0.226. The molecule has 0 rings (SSSR count). The summed E-state index contributed by atoms with van der Waals surface area (Å²) < 4.78 is 9.58. The van der Waals surface area contributed by atoms with Gasteiger partial charge in [-0.25, -0.2) is 0 Å². The van der Waals surface area contributed by atoms with E-state index in [1.54, 1.807) is 7.11 Å². The molecule has 0 aliphatic rings. The van der Waals surface area contributed by atoms with Crippen LogP contribution in [0.3, 0.4) is 0 Å². The molecule has 0 saturated heterocycles. The van der Waals surface area contributed by atoms with Crippen LogP contribution in [0.5, 0.6) is 0 Å². The van der Waals surface area contributed by atoms with Crippen LogP contribution in [0.25, 0.3) is 0 Å². The molecule has 0 aliphatic carbocycles. The Hall–Kier alpha value is 0.160. The Balaban J connectivity index is 4.20. The number of esters is 1. The van der Waals surface area contributed by atoms with Gasteiger partial charge in [-0.3, -0.25) is 4.79 Å². The zero-order valence-electron chi connectivity index (χ0n) is 7.83. The summed E-state index contributed by atoms with van der Waals surface area (Å²) in [6.07, 6.45) is -0.0713. The second-order valence-electron chi connectivity index (χ2n) is 2.87. The average Bonchev–Trinajstić information content (AvgIpc) is 2.03. The number of halogens is 1. The van der Waals surface area contributed by atoms with Gasteiger partial charge in [-0.1, -0.05) is 36.4 Å². The lowest BCUT2D eigenvalue weighted by molar-refractivity contribution is -0.142. The Morgan fingerprint density at radius 1 is 1.33 bits per heavy atom. The molecule has 0 unspecified atom stereocenters. The molecule has 2 atom stereocenters. The first kappa shape index (κ1) is 12.2. The summed E-state index contributed by atoms with van der Waals surface area (Å²) >= 11 is 2.05. The second kappa shape index (κ2) is 5.75.